The summed E-state index contributed by atoms with van der Waals surface area (Å²) < 4.78 is 10.8. The Kier molecular flexibility index (Phi) is 6.35. The molecule has 0 aromatic carbocycles. The molecule has 106 valence electrons. The molecule has 0 spiro atoms. The van der Waals surface area contributed by atoms with E-state index in [1.807, 2.05) is 0 Å². The fourth-order valence-electron chi connectivity index (χ4n) is 2.49. The van der Waals surface area contributed by atoms with Crippen LogP contribution in [0.15, 0.2) is 0 Å². The average Bonchev–Trinajstić information content (AvgIpc) is 2.87. The van der Waals surface area contributed by atoms with Crippen LogP contribution in [0, 0.1) is 0 Å². The van der Waals surface area contributed by atoms with Crippen LogP contribution in [0.3, 0.4) is 0 Å². The molecule has 2 heterocycles. The Labute approximate surface area is 114 Å². The Morgan fingerprint density at radius 1 is 1.50 bits per heavy atom. The van der Waals surface area contributed by atoms with Gasteiger partial charge in [-0.1, -0.05) is 6.92 Å². The number of carbonyl (C=O) groups excluding carboxylic acids is 1. The first-order chi connectivity index (χ1) is 8.27. The minimum Gasteiger partial charge on any atom is -0.376 e. The van der Waals surface area contributed by atoms with Crippen molar-refractivity contribution in [3.8, 4) is 0 Å². The number of hydrogen-bond donors (Lipinski definition) is 2. The van der Waals surface area contributed by atoms with Crippen LogP contribution in [0.2, 0.25) is 0 Å². The number of halogens is 1. The largest absolute Gasteiger partial charge is 0.376 e. The van der Waals surface area contributed by atoms with Gasteiger partial charge in [0.2, 0.25) is 5.91 Å². The van der Waals surface area contributed by atoms with E-state index in [4.69, 9.17) is 9.47 Å². The van der Waals surface area contributed by atoms with E-state index < -0.39 is 0 Å². The van der Waals surface area contributed by atoms with Crippen LogP contribution < -0.4 is 10.6 Å². The average molecular weight is 279 g/mol. The number of ether oxygens (including phenoxy) is 2. The highest BCUT2D eigenvalue weighted by Crippen LogP contribution is 2.23. The molecule has 0 aromatic rings. The molecular formula is C12H23ClN2O3. The molecule has 2 aliphatic rings. The van der Waals surface area contributed by atoms with Gasteiger partial charge in [-0.25, -0.2) is 0 Å². The molecule has 0 saturated carbocycles. The normalized spacial score (nSPS) is 31.7. The summed E-state index contributed by atoms with van der Waals surface area (Å²) in [5.74, 6) is 0.103. The molecule has 6 heteroatoms. The van der Waals surface area contributed by atoms with E-state index >= 15 is 0 Å². The summed E-state index contributed by atoms with van der Waals surface area (Å²) in [6.07, 6.45) is 2.84. The Balaban J connectivity index is 0.00000162. The van der Waals surface area contributed by atoms with E-state index in [-0.39, 0.29) is 30.0 Å². The molecule has 2 rings (SSSR count). The number of nitrogens with one attached hydrogen (secondary N) is 2. The monoisotopic (exact) mass is 278 g/mol. The van der Waals surface area contributed by atoms with Crippen molar-refractivity contribution in [1.82, 2.24) is 10.6 Å². The Morgan fingerprint density at radius 3 is 2.89 bits per heavy atom. The van der Waals surface area contributed by atoms with Crippen molar-refractivity contribution in [1.29, 1.82) is 0 Å². The standard InChI is InChI=1S/C12H22N2O3.ClH/c1-2-12(4-3-5-14-12)11(15)13-8-10-9-16-6-7-17-10;/h10,14H,2-9H2,1H3,(H,13,15);1H. The second-order valence-electron chi connectivity index (χ2n) is 4.74. The number of amides is 1. The molecule has 0 aromatic heterocycles. The maximum absolute atomic E-state index is 12.2. The zero-order valence-electron chi connectivity index (χ0n) is 10.9. The summed E-state index contributed by atoms with van der Waals surface area (Å²) in [5.41, 5.74) is -0.352. The predicted octanol–water partition coefficient (Wildman–Crippen LogP) is 0.472. The summed E-state index contributed by atoms with van der Waals surface area (Å²) in [5, 5.41) is 6.30. The maximum Gasteiger partial charge on any atom is 0.240 e. The van der Waals surface area contributed by atoms with Crippen molar-refractivity contribution in [2.75, 3.05) is 32.9 Å². The van der Waals surface area contributed by atoms with Crippen LogP contribution in [0.5, 0.6) is 0 Å². The van der Waals surface area contributed by atoms with Gasteiger partial charge in [0, 0.05) is 6.54 Å². The van der Waals surface area contributed by atoms with E-state index in [9.17, 15) is 4.79 Å². The van der Waals surface area contributed by atoms with E-state index in [2.05, 4.69) is 17.6 Å². The quantitative estimate of drug-likeness (QED) is 0.785. The highest BCUT2D eigenvalue weighted by atomic mass is 35.5. The van der Waals surface area contributed by atoms with E-state index in [0.717, 1.165) is 25.8 Å². The Hall–Kier alpha value is -0.360. The molecule has 2 atom stereocenters. The third-order valence-electron chi connectivity index (χ3n) is 3.66. The van der Waals surface area contributed by atoms with Crippen molar-refractivity contribution >= 4 is 18.3 Å². The van der Waals surface area contributed by atoms with Crippen molar-refractivity contribution in [2.24, 2.45) is 0 Å². The third-order valence-corrected chi connectivity index (χ3v) is 3.66. The first-order valence-corrected chi connectivity index (χ1v) is 6.49. The molecule has 2 fully saturated rings. The van der Waals surface area contributed by atoms with Crippen LogP contribution in [0.1, 0.15) is 26.2 Å². The first-order valence-electron chi connectivity index (χ1n) is 6.49. The lowest BCUT2D eigenvalue weighted by atomic mass is 9.93. The highest BCUT2D eigenvalue weighted by molar-refractivity contribution is 5.86. The van der Waals surface area contributed by atoms with Gasteiger partial charge >= 0.3 is 0 Å². The fourth-order valence-corrected chi connectivity index (χ4v) is 2.49. The summed E-state index contributed by atoms with van der Waals surface area (Å²) >= 11 is 0. The lowest BCUT2D eigenvalue weighted by molar-refractivity contribution is -0.129. The zero-order chi connectivity index (χ0) is 12.1. The highest BCUT2D eigenvalue weighted by Gasteiger charge is 2.39. The SMILES string of the molecule is CCC1(C(=O)NCC2COCCO2)CCCN1.Cl. The fraction of sp³-hybridized carbons (Fsp3) is 0.917. The first kappa shape index (κ1) is 15.7. The molecule has 2 N–H and O–H groups in total. The van der Waals surface area contributed by atoms with E-state index in [0.29, 0.717) is 26.4 Å². The predicted molar refractivity (Wildman–Crippen MR) is 71.1 cm³/mol. The van der Waals surface area contributed by atoms with Crippen LogP contribution in [0.4, 0.5) is 0 Å². The Bertz CT molecular complexity index is 264. The molecule has 18 heavy (non-hydrogen) atoms. The molecule has 2 saturated heterocycles. The maximum atomic E-state index is 12.2. The third kappa shape index (κ3) is 3.57. The van der Waals surface area contributed by atoms with Crippen LogP contribution >= 0.6 is 12.4 Å². The van der Waals surface area contributed by atoms with Crippen LogP contribution in [-0.2, 0) is 14.3 Å². The minimum atomic E-state index is -0.352. The molecule has 5 nitrogen and oxygen atoms in total. The Morgan fingerprint density at radius 2 is 2.33 bits per heavy atom. The summed E-state index contributed by atoms with van der Waals surface area (Å²) in [6.45, 7) is 5.39. The van der Waals surface area contributed by atoms with Crippen molar-refractivity contribution in [2.45, 2.75) is 37.8 Å². The zero-order valence-corrected chi connectivity index (χ0v) is 11.7. The van der Waals surface area contributed by atoms with Gasteiger partial charge in [-0.3, -0.25) is 4.79 Å². The number of hydrogen-bond acceptors (Lipinski definition) is 4. The summed E-state index contributed by atoms with van der Waals surface area (Å²) in [4.78, 5) is 12.2. The van der Waals surface area contributed by atoms with Crippen LogP contribution in [-0.4, -0.2) is 50.5 Å². The smallest absolute Gasteiger partial charge is 0.240 e. The number of carbonyl (C=O) groups is 1. The van der Waals surface area contributed by atoms with Gasteiger partial charge in [0.25, 0.3) is 0 Å². The summed E-state index contributed by atoms with van der Waals surface area (Å²) in [6, 6.07) is 0. The van der Waals surface area contributed by atoms with E-state index in [1.54, 1.807) is 0 Å². The summed E-state index contributed by atoms with van der Waals surface area (Å²) in [7, 11) is 0. The van der Waals surface area contributed by atoms with Gasteiger partial charge in [-0.2, -0.15) is 0 Å². The van der Waals surface area contributed by atoms with Gasteiger partial charge in [0.15, 0.2) is 0 Å². The molecule has 0 radical (unpaired) electrons. The topological polar surface area (TPSA) is 59.6 Å². The molecule has 1 amide bonds. The minimum absolute atomic E-state index is 0. The van der Waals surface area contributed by atoms with Gasteiger partial charge in [-0.05, 0) is 25.8 Å². The molecule has 2 unspecified atom stereocenters. The van der Waals surface area contributed by atoms with Crippen molar-refractivity contribution < 1.29 is 14.3 Å². The van der Waals surface area contributed by atoms with Gasteiger partial charge in [-0.15, -0.1) is 12.4 Å². The van der Waals surface area contributed by atoms with Crippen molar-refractivity contribution in [3.05, 3.63) is 0 Å². The lowest BCUT2D eigenvalue weighted by Gasteiger charge is -2.29. The number of rotatable bonds is 4. The lowest BCUT2D eigenvalue weighted by Crippen LogP contribution is -2.55. The van der Waals surface area contributed by atoms with Gasteiger partial charge in [0.05, 0.1) is 31.5 Å². The van der Waals surface area contributed by atoms with Crippen molar-refractivity contribution in [3.63, 3.8) is 0 Å². The van der Waals surface area contributed by atoms with Gasteiger partial charge in [0.1, 0.15) is 0 Å². The van der Waals surface area contributed by atoms with Gasteiger partial charge < -0.3 is 20.1 Å². The van der Waals surface area contributed by atoms with Crippen LogP contribution in [0.25, 0.3) is 0 Å². The molecule has 0 bridgehead atoms. The molecule has 0 aliphatic carbocycles. The second kappa shape index (κ2) is 7.28. The van der Waals surface area contributed by atoms with E-state index in [1.165, 1.54) is 0 Å². The molecule has 2 aliphatic heterocycles. The molecular weight excluding hydrogens is 256 g/mol. The second-order valence-corrected chi connectivity index (χ2v) is 4.74.